The Morgan fingerprint density at radius 2 is 1.94 bits per heavy atom. The highest BCUT2D eigenvalue weighted by atomic mass is 16.6. The molecule has 0 aliphatic carbocycles. The zero-order valence-corrected chi connectivity index (χ0v) is 17.8. The molecule has 0 saturated carbocycles. The number of cyclic esters (lactones) is 1. The van der Waals surface area contributed by atoms with E-state index in [0.29, 0.717) is 25.9 Å². The smallest absolute Gasteiger partial charge is 0.414 e. The van der Waals surface area contributed by atoms with Crippen LogP contribution < -0.4 is 14.4 Å². The van der Waals surface area contributed by atoms with E-state index < -0.39 is 5.60 Å². The molecule has 0 aromatic heterocycles. The minimum atomic E-state index is -0.810. The Kier molecular flexibility index (Phi) is 5.24. The van der Waals surface area contributed by atoms with Gasteiger partial charge in [-0.3, -0.25) is 9.80 Å². The van der Waals surface area contributed by atoms with Crippen LogP contribution in [0, 0.1) is 0 Å². The van der Waals surface area contributed by atoms with Crippen molar-refractivity contribution in [3.8, 4) is 11.5 Å². The minimum absolute atomic E-state index is 0.182. The van der Waals surface area contributed by atoms with Crippen molar-refractivity contribution in [1.82, 2.24) is 4.90 Å². The van der Waals surface area contributed by atoms with Gasteiger partial charge in [0.05, 0.1) is 25.9 Å². The van der Waals surface area contributed by atoms with E-state index in [0.717, 1.165) is 48.9 Å². The third kappa shape index (κ3) is 3.95. The number of likely N-dealkylation sites (tertiary alicyclic amines) is 1. The number of ether oxygens (including phenoxy) is 3. The number of hydrogen-bond acceptors (Lipinski definition) is 6. The predicted octanol–water partition coefficient (Wildman–Crippen LogP) is 2.94. The number of nitrogens with zero attached hydrogens (tertiary/aromatic N) is 2. The van der Waals surface area contributed by atoms with Gasteiger partial charge in [-0.1, -0.05) is 6.07 Å². The Morgan fingerprint density at radius 1 is 1.16 bits per heavy atom. The van der Waals surface area contributed by atoms with E-state index in [-0.39, 0.29) is 12.2 Å². The Morgan fingerprint density at radius 3 is 2.68 bits per heavy atom. The largest absolute Gasteiger partial charge is 0.497 e. The fourth-order valence-electron chi connectivity index (χ4n) is 4.75. The lowest BCUT2D eigenvalue weighted by Gasteiger charge is -2.39. The Hall–Kier alpha value is -2.77. The second-order valence-electron chi connectivity index (χ2n) is 8.57. The molecule has 1 amide bonds. The first kappa shape index (κ1) is 20.2. The van der Waals surface area contributed by atoms with Gasteiger partial charge in [0.25, 0.3) is 0 Å². The Bertz CT molecular complexity index is 953. The van der Waals surface area contributed by atoms with E-state index >= 15 is 0 Å². The topological polar surface area (TPSA) is 71.5 Å². The van der Waals surface area contributed by atoms with Gasteiger partial charge < -0.3 is 19.3 Å². The average molecular weight is 424 g/mol. The normalized spacial score (nSPS) is 22.7. The van der Waals surface area contributed by atoms with Crippen LogP contribution in [0.4, 0.5) is 10.5 Å². The second-order valence-corrected chi connectivity index (χ2v) is 8.57. The molecule has 3 heterocycles. The van der Waals surface area contributed by atoms with Crippen LogP contribution in [0.3, 0.4) is 0 Å². The number of carbonyl (C=O) groups excluding carboxylic acids is 1. The van der Waals surface area contributed by atoms with Gasteiger partial charge in [-0.25, -0.2) is 4.79 Å². The highest BCUT2D eigenvalue weighted by Gasteiger charge is 2.38. The molecule has 0 bridgehead atoms. The fraction of sp³-hybridized carbons (Fsp3) is 0.458. The summed E-state index contributed by atoms with van der Waals surface area (Å²) in [7, 11) is 1.62. The summed E-state index contributed by atoms with van der Waals surface area (Å²) < 4.78 is 16.4. The number of fused-ring (bicyclic) bond motifs is 1. The molecular weight excluding hydrogens is 396 g/mol. The van der Waals surface area contributed by atoms with Crippen LogP contribution in [-0.2, 0) is 16.8 Å². The zero-order chi connectivity index (χ0) is 21.4. The van der Waals surface area contributed by atoms with E-state index in [1.807, 2.05) is 36.4 Å². The summed E-state index contributed by atoms with van der Waals surface area (Å²) in [6, 6.07) is 13.5. The Labute approximate surface area is 182 Å². The van der Waals surface area contributed by atoms with Crippen LogP contribution in [0.1, 0.15) is 24.0 Å². The second kappa shape index (κ2) is 8.05. The van der Waals surface area contributed by atoms with Crippen LogP contribution in [-0.4, -0.2) is 62.1 Å². The SMILES string of the molecule is COc1ccc(N2CC(CN3CCC(O)(c4ccc5c(c4)CCO5)CC3)OC2=O)cc1. The first-order valence-electron chi connectivity index (χ1n) is 10.9. The van der Waals surface area contributed by atoms with Gasteiger partial charge in [-0.2, -0.15) is 0 Å². The molecular formula is C24H28N2O5. The Balaban J connectivity index is 1.17. The summed E-state index contributed by atoms with van der Waals surface area (Å²) in [6.45, 7) is 3.45. The number of aliphatic hydroxyl groups is 1. The highest BCUT2D eigenvalue weighted by Crippen LogP contribution is 2.37. The number of carbonyl (C=O) groups is 1. The molecule has 5 rings (SSSR count). The molecule has 7 nitrogen and oxygen atoms in total. The average Bonchev–Trinajstić information content (AvgIpc) is 3.41. The van der Waals surface area contributed by atoms with Gasteiger partial charge >= 0.3 is 6.09 Å². The van der Waals surface area contributed by atoms with Crippen LogP contribution >= 0.6 is 0 Å². The zero-order valence-electron chi connectivity index (χ0n) is 17.8. The maximum Gasteiger partial charge on any atom is 0.414 e. The van der Waals surface area contributed by atoms with E-state index in [1.54, 1.807) is 12.0 Å². The minimum Gasteiger partial charge on any atom is -0.497 e. The molecule has 2 aromatic carbocycles. The highest BCUT2D eigenvalue weighted by molar-refractivity contribution is 5.89. The molecule has 1 atom stereocenters. The number of hydrogen-bond donors (Lipinski definition) is 1. The summed E-state index contributed by atoms with van der Waals surface area (Å²) >= 11 is 0. The van der Waals surface area contributed by atoms with E-state index in [2.05, 4.69) is 11.0 Å². The molecule has 0 radical (unpaired) electrons. The number of rotatable bonds is 5. The first-order valence-corrected chi connectivity index (χ1v) is 10.9. The van der Waals surface area contributed by atoms with Crippen molar-refractivity contribution in [1.29, 1.82) is 0 Å². The summed E-state index contributed by atoms with van der Waals surface area (Å²) in [5.74, 6) is 1.69. The maximum absolute atomic E-state index is 12.4. The molecule has 3 aliphatic rings. The molecule has 7 heteroatoms. The summed E-state index contributed by atoms with van der Waals surface area (Å²) in [5, 5.41) is 11.3. The number of benzene rings is 2. The predicted molar refractivity (Wildman–Crippen MR) is 116 cm³/mol. The van der Waals surface area contributed by atoms with Gasteiger partial charge in [-0.15, -0.1) is 0 Å². The van der Waals surface area contributed by atoms with E-state index in [9.17, 15) is 9.90 Å². The lowest BCUT2D eigenvalue weighted by Crippen LogP contribution is -2.45. The van der Waals surface area contributed by atoms with Gasteiger partial charge in [-0.05, 0) is 60.4 Å². The molecule has 2 saturated heterocycles. The van der Waals surface area contributed by atoms with E-state index in [1.165, 1.54) is 5.56 Å². The fourth-order valence-corrected chi connectivity index (χ4v) is 4.75. The van der Waals surface area contributed by atoms with Crippen LogP contribution in [0.2, 0.25) is 0 Å². The lowest BCUT2D eigenvalue weighted by molar-refractivity contribution is -0.0325. The molecule has 164 valence electrons. The van der Waals surface area contributed by atoms with Gasteiger partial charge in [0, 0.05) is 31.7 Å². The lowest BCUT2D eigenvalue weighted by atomic mass is 9.83. The third-order valence-electron chi connectivity index (χ3n) is 6.63. The van der Waals surface area contributed by atoms with Crippen molar-refractivity contribution >= 4 is 11.8 Å². The van der Waals surface area contributed by atoms with E-state index in [4.69, 9.17) is 14.2 Å². The summed E-state index contributed by atoms with van der Waals surface area (Å²) in [4.78, 5) is 16.3. The molecule has 2 aromatic rings. The third-order valence-corrected chi connectivity index (χ3v) is 6.63. The van der Waals surface area contributed by atoms with Crippen molar-refractivity contribution < 1.29 is 24.1 Å². The number of amides is 1. The number of piperidine rings is 1. The van der Waals surface area contributed by atoms with Crippen molar-refractivity contribution in [3.63, 3.8) is 0 Å². The molecule has 0 spiro atoms. The number of methoxy groups -OCH3 is 1. The van der Waals surface area contributed by atoms with Gasteiger partial charge in [0.15, 0.2) is 0 Å². The summed E-state index contributed by atoms with van der Waals surface area (Å²) in [5.41, 5.74) is 2.16. The van der Waals surface area contributed by atoms with Crippen molar-refractivity contribution in [2.24, 2.45) is 0 Å². The molecule has 3 aliphatic heterocycles. The van der Waals surface area contributed by atoms with Gasteiger partial charge in [0.2, 0.25) is 0 Å². The number of anilines is 1. The first-order chi connectivity index (χ1) is 15.0. The summed E-state index contributed by atoms with van der Waals surface area (Å²) in [6.07, 6.45) is 1.73. The van der Waals surface area contributed by atoms with Crippen molar-refractivity contribution in [2.75, 3.05) is 44.8 Å². The van der Waals surface area contributed by atoms with Crippen LogP contribution in [0.5, 0.6) is 11.5 Å². The van der Waals surface area contributed by atoms with Gasteiger partial charge in [0.1, 0.15) is 17.6 Å². The van der Waals surface area contributed by atoms with Crippen LogP contribution in [0.15, 0.2) is 42.5 Å². The molecule has 31 heavy (non-hydrogen) atoms. The maximum atomic E-state index is 12.4. The quantitative estimate of drug-likeness (QED) is 0.796. The molecule has 1 unspecified atom stereocenters. The van der Waals surface area contributed by atoms with Crippen molar-refractivity contribution in [2.45, 2.75) is 31.0 Å². The monoisotopic (exact) mass is 424 g/mol. The van der Waals surface area contributed by atoms with Crippen molar-refractivity contribution in [3.05, 3.63) is 53.6 Å². The standard InChI is InChI=1S/C24H28N2O5/c1-29-20-5-3-19(4-6-20)26-16-21(31-23(26)27)15-25-11-9-24(28,10-12-25)18-2-7-22-17(14-18)8-13-30-22/h2-7,14,21,28H,8-13,15-16H2,1H3. The van der Waals surface area contributed by atoms with Crippen LogP contribution in [0.25, 0.3) is 0 Å². The molecule has 1 N–H and O–H groups in total. The molecule has 2 fully saturated rings.